The van der Waals surface area contributed by atoms with E-state index in [0.29, 0.717) is 29.2 Å². The van der Waals surface area contributed by atoms with Crippen molar-refractivity contribution >= 4 is 29.1 Å². The summed E-state index contributed by atoms with van der Waals surface area (Å²) in [7, 11) is 0. The van der Waals surface area contributed by atoms with Gasteiger partial charge in [-0.1, -0.05) is 24.3 Å². The second kappa shape index (κ2) is 8.18. The molecule has 0 aromatic heterocycles. The quantitative estimate of drug-likeness (QED) is 0.766. The van der Waals surface area contributed by atoms with Crippen LogP contribution in [0.3, 0.4) is 0 Å². The van der Waals surface area contributed by atoms with Crippen LogP contribution in [0.1, 0.15) is 10.4 Å². The summed E-state index contributed by atoms with van der Waals surface area (Å²) < 4.78 is 5.41. The van der Waals surface area contributed by atoms with Gasteiger partial charge in [-0.2, -0.15) is 0 Å². The van der Waals surface area contributed by atoms with E-state index in [9.17, 15) is 14.4 Å². The van der Waals surface area contributed by atoms with Gasteiger partial charge in [-0.3, -0.25) is 14.4 Å². The number of anilines is 2. The van der Waals surface area contributed by atoms with E-state index in [0.717, 1.165) is 0 Å². The first-order chi connectivity index (χ1) is 13.1. The van der Waals surface area contributed by atoms with Crippen LogP contribution in [0.4, 0.5) is 11.4 Å². The van der Waals surface area contributed by atoms with Gasteiger partial charge >= 0.3 is 0 Å². The van der Waals surface area contributed by atoms with Crippen LogP contribution in [0.15, 0.2) is 61.2 Å². The zero-order chi connectivity index (χ0) is 19.2. The molecule has 1 aliphatic rings. The molecule has 0 fully saturated rings. The maximum Gasteiger partial charge on any atom is 0.265 e. The minimum absolute atomic E-state index is 0.0297. The number of ether oxygens (including phenoxy) is 1. The molecule has 7 heteroatoms. The lowest BCUT2D eigenvalue weighted by Gasteiger charge is -2.28. The molecule has 0 unspecified atom stereocenters. The van der Waals surface area contributed by atoms with Crippen LogP contribution in [-0.4, -0.2) is 37.4 Å². The van der Waals surface area contributed by atoms with Crippen molar-refractivity contribution in [3.8, 4) is 5.75 Å². The fourth-order valence-corrected chi connectivity index (χ4v) is 2.67. The molecule has 3 rings (SSSR count). The topological polar surface area (TPSA) is 87.7 Å². The van der Waals surface area contributed by atoms with Gasteiger partial charge in [0.05, 0.1) is 12.2 Å². The van der Waals surface area contributed by atoms with E-state index in [1.54, 1.807) is 53.4 Å². The maximum absolute atomic E-state index is 12.1. The molecular formula is C20H19N3O4. The molecule has 27 heavy (non-hydrogen) atoms. The molecule has 2 aromatic rings. The highest BCUT2D eigenvalue weighted by Gasteiger charge is 2.25. The Morgan fingerprint density at radius 1 is 1.19 bits per heavy atom. The Balaban J connectivity index is 1.64. The Bertz CT molecular complexity index is 880. The molecule has 0 saturated carbocycles. The third-order valence-corrected chi connectivity index (χ3v) is 3.94. The molecule has 138 valence electrons. The fraction of sp³-hybridized carbons (Fsp3) is 0.150. The first kappa shape index (κ1) is 18.2. The number of carbonyl (C=O) groups excluding carboxylic acids is 3. The highest BCUT2D eigenvalue weighted by atomic mass is 16.5. The highest BCUT2D eigenvalue weighted by molar-refractivity contribution is 6.01. The average Bonchev–Trinajstić information content (AvgIpc) is 2.69. The van der Waals surface area contributed by atoms with E-state index < -0.39 is 0 Å². The summed E-state index contributed by atoms with van der Waals surface area (Å²) in [5.74, 6) is -0.322. The summed E-state index contributed by atoms with van der Waals surface area (Å²) in [6.07, 6.45) is 1.62. The highest BCUT2D eigenvalue weighted by Crippen LogP contribution is 2.34. The third kappa shape index (κ3) is 4.33. The predicted molar refractivity (Wildman–Crippen MR) is 102 cm³/mol. The van der Waals surface area contributed by atoms with Crippen LogP contribution in [0.5, 0.6) is 5.75 Å². The summed E-state index contributed by atoms with van der Waals surface area (Å²) in [5.41, 5.74) is 1.55. The van der Waals surface area contributed by atoms with Crippen molar-refractivity contribution in [3.63, 3.8) is 0 Å². The molecule has 0 aliphatic carbocycles. The zero-order valence-electron chi connectivity index (χ0n) is 14.6. The minimum atomic E-state index is -0.377. The monoisotopic (exact) mass is 365 g/mol. The van der Waals surface area contributed by atoms with E-state index >= 15 is 0 Å². The normalized spacial score (nSPS) is 12.6. The molecule has 3 amide bonds. The Kier molecular flexibility index (Phi) is 5.51. The van der Waals surface area contributed by atoms with Gasteiger partial charge in [0, 0.05) is 17.8 Å². The van der Waals surface area contributed by atoms with Crippen molar-refractivity contribution < 1.29 is 19.1 Å². The summed E-state index contributed by atoms with van der Waals surface area (Å²) in [6.45, 7) is 3.80. The molecule has 0 saturated heterocycles. The number of carbonyl (C=O) groups is 3. The molecule has 1 aliphatic heterocycles. The second-order valence-corrected chi connectivity index (χ2v) is 5.86. The van der Waals surface area contributed by atoms with Crippen molar-refractivity contribution in [2.45, 2.75) is 0 Å². The maximum atomic E-state index is 12.1. The van der Waals surface area contributed by atoms with Crippen LogP contribution in [0.25, 0.3) is 0 Å². The van der Waals surface area contributed by atoms with Gasteiger partial charge < -0.3 is 20.3 Å². The number of benzene rings is 2. The number of rotatable bonds is 6. The minimum Gasteiger partial charge on any atom is -0.482 e. The molecule has 1 heterocycles. The molecule has 0 radical (unpaired) electrons. The van der Waals surface area contributed by atoms with E-state index in [1.165, 1.54) is 0 Å². The van der Waals surface area contributed by atoms with Gasteiger partial charge in [-0.25, -0.2) is 0 Å². The predicted octanol–water partition coefficient (Wildman–Crippen LogP) is 1.97. The standard InChI is InChI=1S/C20H19N3O4/c1-2-10-23-16-11-15(8-9-17(16)27-13-19(23)25)22-18(24)12-21-20(26)14-6-4-3-5-7-14/h2-9,11H,1,10,12-13H2,(H,21,26)(H,22,24). The van der Waals surface area contributed by atoms with Crippen molar-refractivity contribution in [3.05, 3.63) is 66.7 Å². The Labute approximate surface area is 156 Å². The number of hydrogen-bond acceptors (Lipinski definition) is 4. The van der Waals surface area contributed by atoms with Crippen molar-refractivity contribution in [1.82, 2.24) is 5.32 Å². The summed E-state index contributed by atoms with van der Waals surface area (Å²) in [6, 6.07) is 13.7. The Morgan fingerprint density at radius 3 is 2.70 bits per heavy atom. The largest absolute Gasteiger partial charge is 0.482 e. The summed E-state index contributed by atoms with van der Waals surface area (Å²) >= 11 is 0. The van der Waals surface area contributed by atoms with Gasteiger partial charge in [0.2, 0.25) is 5.91 Å². The Morgan fingerprint density at radius 2 is 1.96 bits per heavy atom. The van der Waals surface area contributed by atoms with Crippen molar-refractivity contribution in [1.29, 1.82) is 0 Å². The van der Waals surface area contributed by atoms with Gasteiger partial charge in [0.25, 0.3) is 11.8 Å². The Hall–Kier alpha value is -3.61. The first-order valence-electron chi connectivity index (χ1n) is 8.39. The lowest BCUT2D eigenvalue weighted by Crippen LogP contribution is -2.39. The number of hydrogen-bond donors (Lipinski definition) is 2. The van der Waals surface area contributed by atoms with E-state index in [-0.39, 0.29) is 30.9 Å². The molecule has 2 aromatic carbocycles. The van der Waals surface area contributed by atoms with Crippen LogP contribution in [0, 0.1) is 0 Å². The molecule has 0 bridgehead atoms. The summed E-state index contributed by atoms with van der Waals surface area (Å²) in [5, 5.41) is 5.27. The van der Waals surface area contributed by atoms with Crippen molar-refractivity contribution in [2.75, 3.05) is 29.9 Å². The van der Waals surface area contributed by atoms with Gasteiger partial charge in [-0.05, 0) is 30.3 Å². The van der Waals surface area contributed by atoms with Gasteiger partial charge in [-0.15, -0.1) is 6.58 Å². The molecule has 0 spiro atoms. The van der Waals surface area contributed by atoms with Gasteiger partial charge in [0.1, 0.15) is 5.75 Å². The average molecular weight is 365 g/mol. The van der Waals surface area contributed by atoms with E-state index in [4.69, 9.17) is 4.74 Å². The number of nitrogens with one attached hydrogen (secondary N) is 2. The molecule has 7 nitrogen and oxygen atoms in total. The first-order valence-corrected chi connectivity index (χ1v) is 8.39. The van der Waals surface area contributed by atoms with Crippen LogP contribution in [0.2, 0.25) is 0 Å². The lowest BCUT2D eigenvalue weighted by atomic mass is 10.2. The van der Waals surface area contributed by atoms with E-state index in [1.807, 2.05) is 6.07 Å². The smallest absolute Gasteiger partial charge is 0.265 e. The SMILES string of the molecule is C=CCN1C(=O)COc2ccc(NC(=O)CNC(=O)c3ccccc3)cc21. The molecule has 2 N–H and O–H groups in total. The van der Waals surface area contributed by atoms with Crippen molar-refractivity contribution in [2.24, 2.45) is 0 Å². The summed E-state index contributed by atoms with van der Waals surface area (Å²) in [4.78, 5) is 37.7. The molecular weight excluding hydrogens is 346 g/mol. The number of fused-ring (bicyclic) bond motifs is 1. The van der Waals surface area contributed by atoms with E-state index in [2.05, 4.69) is 17.2 Å². The third-order valence-electron chi connectivity index (χ3n) is 3.94. The van der Waals surface area contributed by atoms with Crippen LogP contribution >= 0.6 is 0 Å². The lowest BCUT2D eigenvalue weighted by molar-refractivity contribution is -0.121. The van der Waals surface area contributed by atoms with Crippen LogP contribution < -0.4 is 20.3 Å². The number of nitrogens with zero attached hydrogens (tertiary/aromatic N) is 1. The fourth-order valence-electron chi connectivity index (χ4n) is 2.67. The zero-order valence-corrected chi connectivity index (χ0v) is 14.6. The second-order valence-electron chi connectivity index (χ2n) is 5.86. The van der Waals surface area contributed by atoms with Crippen LogP contribution in [-0.2, 0) is 9.59 Å². The molecule has 0 atom stereocenters. The number of amides is 3. The van der Waals surface area contributed by atoms with Gasteiger partial charge in [0.15, 0.2) is 6.61 Å².